The molecular formula is C16H17N5O2S. The maximum atomic E-state index is 11.5. The number of rotatable bonds is 5. The van der Waals surface area contributed by atoms with E-state index in [1.807, 2.05) is 31.2 Å². The molecule has 0 spiro atoms. The van der Waals surface area contributed by atoms with Crippen LogP contribution in [-0.2, 0) is 16.4 Å². The first kappa shape index (κ1) is 16.1. The topological polar surface area (TPSA) is 89.8 Å². The van der Waals surface area contributed by atoms with E-state index in [1.54, 1.807) is 28.9 Å². The summed E-state index contributed by atoms with van der Waals surface area (Å²) in [6.45, 7) is 2.50. The van der Waals surface area contributed by atoms with Gasteiger partial charge in [0.15, 0.2) is 9.84 Å². The van der Waals surface area contributed by atoms with Crippen LogP contribution >= 0.6 is 0 Å². The minimum atomic E-state index is -3.18. The molecule has 1 aromatic heterocycles. The number of sulfone groups is 1. The second-order valence-electron chi connectivity index (χ2n) is 5.52. The highest BCUT2D eigenvalue weighted by molar-refractivity contribution is 7.90. The Morgan fingerprint density at radius 1 is 1.04 bits per heavy atom. The Bertz CT molecular complexity index is 931. The fourth-order valence-corrected chi connectivity index (χ4v) is 2.82. The Labute approximate surface area is 140 Å². The largest absolute Gasteiger partial charge is 0.349 e. The first-order valence-electron chi connectivity index (χ1n) is 7.32. The molecular weight excluding hydrogens is 326 g/mol. The number of aromatic nitrogens is 4. The molecule has 0 atom stereocenters. The minimum absolute atomic E-state index is 0.302. The van der Waals surface area contributed by atoms with Crippen LogP contribution in [0.15, 0.2) is 53.4 Å². The van der Waals surface area contributed by atoms with Gasteiger partial charge < -0.3 is 5.32 Å². The fraction of sp³-hybridized carbons (Fsp3) is 0.188. The van der Waals surface area contributed by atoms with E-state index < -0.39 is 9.84 Å². The van der Waals surface area contributed by atoms with Crippen LogP contribution in [0, 0.1) is 6.92 Å². The summed E-state index contributed by atoms with van der Waals surface area (Å²) in [6, 6.07) is 14.6. The number of nitrogens with zero attached hydrogens (tertiary/aromatic N) is 4. The van der Waals surface area contributed by atoms with Crippen molar-refractivity contribution in [2.24, 2.45) is 0 Å². The van der Waals surface area contributed by atoms with Crippen molar-refractivity contribution in [1.82, 2.24) is 20.2 Å². The smallest absolute Gasteiger partial charge is 0.248 e. The van der Waals surface area contributed by atoms with Gasteiger partial charge in [-0.25, -0.2) is 8.42 Å². The number of aryl methyl sites for hydroxylation is 1. The van der Waals surface area contributed by atoms with Crippen molar-refractivity contribution in [2.75, 3.05) is 11.6 Å². The summed E-state index contributed by atoms with van der Waals surface area (Å²) in [4.78, 5) is 0.302. The van der Waals surface area contributed by atoms with Crippen molar-refractivity contribution in [3.8, 4) is 5.69 Å². The maximum absolute atomic E-state index is 11.5. The first-order chi connectivity index (χ1) is 11.4. The van der Waals surface area contributed by atoms with Crippen LogP contribution in [0.25, 0.3) is 5.69 Å². The second kappa shape index (κ2) is 6.40. The van der Waals surface area contributed by atoms with Crippen molar-refractivity contribution < 1.29 is 8.42 Å². The zero-order valence-electron chi connectivity index (χ0n) is 13.3. The lowest BCUT2D eigenvalue weighted by Gasteiger charge is -2.08. The molecule has 0 saturated carbocycles. The summed E-state index contributed by atoms with van der Waals surface area (Å²) in [5, 5.41) is 14.8. The average Bonchev–Trinajstić information content (AvgIpc) is 3.02. The van der Waals surface area contributed by atoms with E-state index in [9.17, 15) is 8.42 Å². The van der Waals surface area contributed by atoms with Gasteiger partial charge in [-0.05, 0) is 47.2 Å². The normalized spacial score (nSPS) is 11.4. The zero-order chi connectivity index (χ0) is 17.2. The number of anilines is 1. The Morgan fingerprint density at radius 2 is 1.71 bits per heavy atom. The molecule has 0 saturated heterocycles. The highest BCUT2D eigenvalue weighted by atomic mass is 32.2. The van der Waals surface area contributed by atoms with Gasteiger partial charge in [0.1, 0.15) is 0 Å². The molecule has 0 fully saturated rings. The lowest BCUT2D eigenvalue weighted by Crippen LogP contribution is -2.07. The van der Waals surface area contributed by atoms with Crippen LogP contribution in [0.5, 0.6) is 0 Å². The van der Waals surface area contributed by atoms with Crippen LogP contribution in [-0.4, -0.2) is 34.9 Å². The number of hydrogen-bond donors (Lipinski definition) is 1. The monoisotopic (exact) mass is 343 g/mol. The summed E-state index contributed by atoms with van der Waals surface area (Å²) in [7, 11) is -3.18. The molecule has 3 aromatic rings. The van der Waals surface area contributed by atoms with Gasteiger partial charge in [-0.3, -0.25) is 0 Å². The standard InChI is InChI=1S/C16H17N5O2S/c1-12-3-7-14(8-4-12)21-16(18-19-20-21)17-11-13-5-9-15(10-6-13)24(2,22)23/h3-10H,11H2,1-2H3,(H,17,18,20). The molecule has 124 valence electrons. The second-order valence-corrected chi connectivity index (χ2v) is 7.54. The van der Waals surface area contributed by atoms with Gasteiger partial charge in [0, 0.05) is 12.8 Å². The molecule has 0 unspecified atom stereocenters. The van der Waals surface area contributed by atoms with Gasteiger partial charge in [0.05, 0.1) is 10.6 Å². The molecule has 24 heavy (non-hydrogen) atoms. The van der Waals surface area contributed by atoms with E-state index in [0.717, 1.165) is 16.8 Å². The quantitative estimate of drug-likeness (QED) is 0.762. The third-order valence-corrected chi connectivity index (χ3v) is 4.68. The van der Waals surface area contributed by atoms with Gasteiger partial charge in [-0.1, -0.05) is 34.9 Å². The molecule has 0 aliphatic heterocycles. The summed E-state index contributed by atoms with van der Waals surface area (Å²) >= 11 is 0. The molecule has 3 rings (SSSR count). The lowest BCUT2D eigenvalue weighted by molar-refractivity contribution is 0.602. The van der Waals surface area contributed by atoms with Crippen molar-refractivity contribution in [2.45, 2.75) is 18.4 Å². The summed E-state index contributed by atoms with van der Waals surface area (Å²) in [5.74, 6) is 0.519. The third kappa shape index (κ3) is 3.60. The predicted octanol–water partition coefficient (Wildman–Crippen LogP) is 1.99. The van der Waals surface area contributed by atoms with Crippen LogP contribution in [0.1, 0.15) is 11.1 Å². The first-order valence-corrected chi connectivity index (χ1v) is 9.21. The molecule has 0 bridgehead atoms. The van der Waals surface area contributed by atoms with Crippen molar-refractivity contribution in [3.05, 3.63) is 59.7 Å². The molecule has 0 radical (unpaired) electrons. The molecule has 8 heteroatoms. The maximum Gasteiger partial charge on any atom is 0.248 e. The van der Waals surface area contributed by atoms with E-state index in [0.29, 0.717) is 17.4 Å². The van der Waals surface area contributed by atoms with Gasteiger partial charge in [0.25, 0.3) is 0 Å². The molecule has 0 aliphatic rings. The molecule has 0 amide bonds. The highest BCUT2D eigenvalue weighted by Crippen LogP contribution is 2.14. The Hall–Kier alpha value is -2.74. The van der Waals surface area contributed by atoms with Crippen LogP contribution in [0.3, 0.4) is 0 Å². The van der Waals surface area contributed by atoms with Crippen molar-refractivity contribution in [3.63, 3.8) is 0 Å². The third-order valence-electron chi connectivity index (χ3n) is 3.55. The van der Waals surface area contributed by atoms with Gasteiger partial charge >= 0.3 is 0 Å². The van der Waals surface area contributed by atoms with Gasteiger partial charge in [-0.15, -0.1) is 0 Å². The molecule has 1 heterocycles. The van der Waals surface area contributed by atoms with Gasteiger partial charge in [-0.2, -0.15) is 4.68 Å². The fourth-order valence-electron chi connectivity index (χ4n) is 2.19. The van der Waals surface area contributed by atoms with E-state index in [-0.39, 0.29) is 0 Å². The molecule has 2 aromatic carbocycles. The summed E-state index contributed by atoms with van der Waals surface area (Å²) < 4.78 is 24.6. The summed E-state index contributed by atoms with van der Waals surface area (Å²) in [5.41, 5.74) is 2.95. The number of hydrogen-bond acceptors (Lipinski definition) is 6. The number of nitrogens with one attached hydrogen (secondary N) is 1. The molecule has 1 N–H and O–H groups in total. The van der Waals surface area contributed by atoms with Gasteiger partial charge in [0.2, 0.25) is 5.95 Å². The zero-order valence-corrected chi connectivity index (χ0v) is 14.2. The van der Waals surface area contributed by atoms with Crippen LogP contribution < -0.4 is 5.32 Å². The van der Waals surface area contributed by atoms with Crippen molar-refractivity contribution in [1.29, 1.82) is 0 Å². The highest BCUT2D eigenvalue weighted by Gasteiger charge is 2.09. The van der Waals surface area contributed by atoms with Crippen LogP contribution in [0.4, 0.5) is 5.95 Å². The van der Waals surface area contributed by atoms with Crippen LogP contribution in [0.2, 0.25) is 0 Å². The summed E-state index contributed by atoms with van der Waals surface area (Å²) in [6.07, 6.45) is 1.19. The molecule has 7 nitrogen and oxygen atoms in total. The van der Waals surface area contributed by atoms with Crippen molar-refractivity contribution >= 4 is 15.8 Å². The average molecular weight is 343 g/mol. The Balaban J connectivity index is 1.74. The van der Waals surface area contributed by atoms with E-state index in [2.05, 4.69) is 20.8 Å². The SMILES string of the molecule is Cc1ccc(-n2nnnc2NCc2ccc(S(C)(=O)=O)cc2)cc1. The Morgan fingerprint density at radius 3 is 2.33 bits per heavy atom. The van der Waals surface area contributed by atoms with E-state index in [4.69, 9.17) is 0 Å². The minimum Gasteiger partial charge on any atom is -0.349 e. The van der Waals surface area contributed by atoms with E-state index >= 15 is 0 Å². The lowest BCUT2D eigenvalue weighted by atomic mass is 10.2. The predicted molar refractivity (Wildman–Crippen MR) is 90.8 cm³/mol. The van der Waals surface area contributed by atoms with E-state index in [1.165, 1.54) is 6.26 Å². The number of tetrazole rings is 1. The molecule has 0 aliphatic carbocycles. The Kier molecular flexibility index (Phi) is 4.30. The number of benzene rings is 2.